The van der Waals surface area contributed by atoms with E-state index in [9.17, 15) is 13.2 Å². The van der Waals surface area contributed by atoms with E-state index in [-0.39, 0.29) is 29.8 Å². The minimum atomic E-state index is -2.96. The van der Waals surface area contributed by atoms with Crippen LogP contribution in [-0.2, 0) is 14.6 Å². The van der Waals surface area contributed by atoms with E-state index < -0.39 is 9.84 Å². The zero-order chi connectivity index (χ0) is 16.2. The fourth-order valence-corrected chi connectivity index (χ4v) is 4.56. The molecule has 0 saturated carbocycles. The van der Waals surface area contributed by atoms with Gasteiger partial charge in [0, 0.05) is 16.5 Å². The monoisotopic (exact) mass is 388 g/mol. The summed E-state index contributed by atoms with van der Waals surface area (Å²) in [7, 11) is -1.40. The molecule has 1 heterocycles. The van der Waals surface area contributed by atoms with Crippen molar-refractivity contribution in [3.63, 3.8) is 0 Å². The highest BCUT2D eigenvalue weighted by molar-refractivity contribution is 9.10. The van der Waals surface area contributed by atoms with Gasteiger partial charge < -0.3 is 4.74 Å². The maximum atomic E-state index is 11.8. The third-order valence-corrected chi connectivity index (χ3v) is 5.72. The van der Waals surface area contributed by atoms with Crippen molar-refractivity contribution >= 4 is 37.9 Å². The first-order chi connectivity index (χ1) is 10.4. The Balaban J connectivity index is 1.90. The fraction of sp³-hybridized carbons (Fsp3) is 0.429. The Bertz CT molecular complexity index is 688. The Hall–Kier alpha value is -1.41. The van der Waals surface area contributed by atoms with Gasteiger partial charge in [0.15, 0.2) is 9.84 Å². The van der Waals surface area contributed by atoms with Crippen LogP contribution in [0.15, 0.2) is 27.8 Å². The fourth-order valence-electron chi connectivity index (χ4n) is 2.32. The van der Waals surface area contributed by atoms with E-state index in [1.165, 1.54) is 6.21 Å². The second-order valence-corrected chi connectivity index (χ2v) is 8.30. The lowest BCUT2D eigenvalue weighted by atomic mass is 10.1. The highest BCUT2D eigenvalue weighted by Gasteiger charge is 2.29. The van der Waals surface area contributed by atoms with E-state index in [4.69, 9.17) is 4.74 Å². The van der Waals surface area contributed by atoms with Gasteiger partial charge in [-0.15, -0.1) is 0 Å². The Morgan fingerprint density at radius 3 is 2.95 bits per heavy atom. The molecule has 0 aliphatic carbocycles. The number of hydrazone groups is 1. The van der Waals surface area contributed by atoms with Gasteiger partial charge in [-0.1, -0.05) is 15.9 Å². The molecular weight excluding hydrogens is 372 g/mol. The van der Waals surface area contributed by atoms with Crippen LogP contribution in [-0.4, -0.2) is 39.2 Å². The van der Waals surface area contributed by atoms with Crippen LogP contribution >= 0.6 is 15.9 Å². The van der Waals surface area contributed by atoms with Gasteiger partial charge in [0.2, 0.25) is 5.91 Å². The molecule has 1 N–H and O–H groups in total. The number of methoxy groups -OCH3 is 1. The smallest absolute Gasteiger partial charge is 0.240 e. The number of halogens is 1. The molecule has 0 radical (unpaired) electrons. The van der Waals surface area contributed by atoms with Crippen molar-refractivity contribution in [2.75, 3.05) is 18.6 Å². The number of ether oxygens (including phenoxy) is 1. The Morgan fingerprint density at radius 2 is 2.32 bits per heavy atom. The van der Waals surface area contributed by atoms with Gasteiger partial charge in [-0.25, -0.2) is 13.8 Å². The van der Waals surface area contributed by atoms with Crippen LogP contribution in [0.25, 0.3) is 0 Å². The SMILES string of the molecule is COc1ccc(Br)cc1/C=N\NC(=O)C[C@H]1CCS(=O)(=O)C1. The summed E-state index contributed by atoms with van der Waals surface area (Å²) in [6, 6.07) is 5.45. The molecule has 22 heavy (non-hydrogen) atoms. The van der Waals surface area contributed by atoms with Crippen molar-refractivity contribution in [1.82, 2.24) is 5.43 Å². The number of rotatable bonds is 5. The number of hydrogen-bond acceptors (Lipinski definition) is 5. The van der Waals surface area contributed by atoms with Crippen molar-refractivity contribution < 1.29 is 17.9 Å². The molecule has 0 aromatic heterocycles. The lowest BCUT2D eigenvalue weighted by Crippen LogP contribution is -2.21. The summed E-state index contributed by atoms with van der Waals surface area (Å²) in [5.74, 6) is 0.503. The predicted octanol–water partition coefficient (Wildman–Crippen LogP) is 1.73. The number of sulfone groups is 1. The summed E-state index contributed by atoms with van der Waals surface area (Å²) in [4.78, 5) is 11.8. The summed E-state index contributed by atoms with van der Waals surface area (Å²) >= 11 is 3.35. The molecule has 1 aromatic carbocycles. The maximum Gasteiger partial charge on any atom is 0.240 e. The molecule has 1 aliphatic heterocycles. The molecule has 1 aliphatic rings. The molecule has 120 valence electrons. The molecule has 6 nitrogen and oxygen atoms in total. The minimum Gasteiger partial charge on any atom is -0.496 e. The van der Waals surface area contributed by atoms with Crippen LogP contribution in [0.5, 0.6) is 5.75 Å². The lowest BCUT2D eigenvalue weighted by molar-refractivity contribution is -0.121. The zero-order valence-corrected chi connectivity index (χ0v) is 14.5. The molecule has 2 rings (SSSR count). The summed E-state index contributed by atoms with van der Waals surface area (Å²) < 4.78 is 28.8. The van der Waals surface area contributed by atoms with Crippen molar-refractivity contribution in [3.05, 3.63) is 28.2 Å². The molecular formula is C14H17BrN2O4S. The average molecular weight is 389 g/mol. The quantitative estimate of drug-likeness (QED) is 0.614. The van der Waals surface area contributed by atoms with Crippen LogP contribution in [0.3, 0.4) is 0 Å². The second kappa shape index (κ2) is 7.23. The van der Waals surface area contributed by atoms with Crippen molar-refractivity contribution in [1.29, 1.82) is 0 Å². The van der Waals surface area contributed by atoms with E-state index in [1.807, 2.05) is 12.1 Å². The van der Waals surface area contributed by atoms with Crippen LogP contribution in [0.4, 0.5) is 0 Å². The molecule has 0 unspecified atom stereocenters. The third-order valence-electron chi connectivity index (χ3n) is 3.39. The van der Waals surface area contributed by atoms with Gasteiger partial charge in [0.1, 0.15) is 5.75 Å². The van der Waals surface area contributed by atoms with Crippen LogP contribution in [0, 0.1) is 5.92 Å². The first kappa shape index (κ1) is 17.0. The van der Waals surface area contributed by atoms with Crippen molar-refractivity contribution in [2.24, 2.45) is 11.0 Å². The maximum absolute atomic E-state index is 11.8. The topological polar surface area (TPSA) is 84.8 Å². The molecule has 8 heteroatoms. The number of carbonyl (C=O) groups is 1. The standard InChI is InChI=1S/C14H17BrN2O4S/c1-21-13-3-2-12(15)7-11(13)8-16-17-14(18)6-10-4-5-22(19,20)9-10/h2-3,7-8,10H,4-6,9H2,1H3,(H,17,18)/b16-8-/t10-/m1/s1. The summed E-state index contributed by atoms with van der Waals surface area (Å²) in [6.45, 7) is 0. The Labute approximate surface area is 138 Å². The largest absolute Gasteiger partial charge is 0.496 e. The van der Waals surface area contributed by atoms with Gasteiger partial charge in [-0.3, -0.25) is 4.79 Å². The number of amides is 1. The highest BCUT2D eigenvalue weighted by atomic mass is 79.9. The third kappa shape index (κ3) is 4.81. The van der Waals surface area contributed by atoms with Gasteiger partial charge in [0.05, 0.1) is 24.8 Å². The van der Waals surface area contributed by atoms with Gasteiger partial charge >= 0.3 is 0 Å². The molecule has 0 spiro atoms. The van der Waals surface area contributed by atoms with E-state index in [1.54, 1.807) is 13.2 Å². The molecule has 1 amide bonds. The summed E-state index contributed by atoms with van der Waals surface area (Å²) in [5.41, 5.74) is 3.14. The molecule has 0 bridgehead atoms. The predicted molar refractivity (Wildman–Crippen MR) is 87.8 cm³/mol. The van der Waals surface area contributed by atoms with E-state index in [2.05, 4.69) is 26.5 Å². The van der Waals surface area contributed by atoms with Crippen LogP contribution < -0.4 is 10.2 Å². The van der Waals surface area contributed by atoms with Gasteiger partial charge in [-0.2, -0.15) is 5.10 Å². The minimum absolute atomic E-state index is 0.0869. The Kier molecular flexibility index (Phi) is 5.57. The summed E-state index contributed by atoms with van der Waals surface area (Å²) in [6.07, 6.45) is 2.21. The van der Waals surface area contributed by atoms with Gasteiger partial charge in [0.25, 0.3) is 0 Å². The number of nitrogens with zero attached hydrogens (tertiary/aromatic N) is 1. The average Bonchev–Trinajstić information content (AvgIpc) is 2.78. The van der Waals surface area contributed by atoms with Gasteiger partial charge in [-0.05, 0) is 30.5 Å². The van der Waals surface area contributed by atoms with Crippen LogP contribution in [0.2, 0.25) is 0 Å². The number of carbonyl (C=O) groups excluding carboxylic acids is 1. The second-order valence-electron chi connectivity index (χ2n) is 5.15. The summed E-state index contributed by atoms with van der Waals surface area (Å²) in [5, 5.41) is 3.89. The highest BCUT2D eigenvalue weighted by Crippen LogP contribution is 2.22. The number of benzene rings is 1. The van der Waals surface area contributed by atoms with Crippen LogP contribution in [0.1, 0.15) is 18.4 Å². The first-order valence-corrected chi connectivity index (χ1v) is 9.37. The van der Waals surface area contributed by atoms with Crippen molar-refractivity contribution in [2.45, 2.75) is 12.8 Å². The zero-order valence-electron chi connectivity index (χ0n) is 12.1. The molecule has 1 atom stereocenters. The van der Waals surface area contributed by atoms with E-state index in [0.29, 0.717) is 12.2 Å². The van der Waals surface area contributed by atoms with Crippen molar-refractivity contribution in [3.8, 4) is 5.75 Å². The number of nitrogens with one attached hydrogen (secondary N) is 1. The normalized spacial score (nSPS) is 20.2. The number of hydrogen-bond donors (Lipinski definition) is 1. The first-order valence-electron chi connectivity index (χ1n) is 6.75. The van der Waals surface area contributed by atoms with E-state index >= 15 is 0 Å². The lowest BCUT2D eigenvalue weighted by Gasteiger charge is -2.06. The molecule has 1 aromatic rings. The molecule has 1 fully saturated rings. The van der Waals surface area contributed by atoms with E-state index in [0.717, 1.165) is 10.0 Å². The molecule has 1 saturated heterocycles. The Morgan fingerprint density at radius 1 is 1.55 bits per heavy atom.